The number of nitrogens with zero attached hydrogens (tertiary/aromatic N) is 3. The van der Waals surface area contributed by atoms with Gasteiger partial charge in [0.25, 0.3) is 0 Å². The van der Waals surface area contributed by atoms with Gasteiger partial charge in [-0.25, -0.2) is 9.97 Å². The Kier molecular flexibility index (Phi) is 6.80. The van der Waals surface area contributed by atoms with Gasteiger partial charge in [0.2, 0.25) is 0 Å². The summed E-state index contributed by atoms with van der Waals surface area (Å²) in [6, 6.07) is 9.29. The first-order chi connectivity index (χ1) is 11.3. The molecule has 0 saturated carbocycles. The molecule has 0 unspecified atom stereocenters. The molecule has 118 valence electrons. The average Bonchev–Trinajstić information content (AvgIpc) is 2.61. The molecular weight excluding hydrogens is 286 g/mol. The van der Waals surface area contributed by atoms with Gasteiger partial charge in [-0.05, 0) is 37.1 Å². The number of ether oxygens (including phenoxy) is 1. The number of hydrogen-bond donors (Lipinski definition) is 0. The first-order valence-corrected chi connectivity index (χ1v) is 7.94. The lowest BCUT2D eigenvalue weighted by molar-refractivity contribution is 0.322. The zero-order valence-corrected chi connectivity index (χ0v) is 13.4. The van der Waals surface area contributed by atoms with Crippen molar-refractivity contribution in [1.29, 1.82) is 5.26 Å². The van der Waals surface area contributed by atoms with Gasteiger partial charge in [0, 0.05) is 5.56 Å². The second kappa shape index (κ2) is 9.37. The van der Waals surface area contributed by atoms with Crippen LogP contribution in [-0.2, 0) is 0 Å². The molecule has 0 atom stereocenters. The van der Waals surface area contributed by atoms with Crippen molar-refractivity contribution in [2.45, 2.75) is 32.6 Å². The summed E-state index contributed by atoms with van der Waals surface area (Å²) in [5.41, 5.74) is 1.51. The van der Waals surface area contributed by atoms with Crippen molar-refractivity contribution in [2.75, 3.05) is 6.61 Å². The number of aromatic nitrogens is 2. The highest BCUT2D eigenvalue weighted by atomic mass is 16.5. The zero-order chi connectivity index (χ0) is 16.3. The minimum Gasteiger partial charge on any atom is -0.490 e. The summed E-state index contributed by atoms with van der Waals surface area (Å²) in [6.45, 7) is 2.82. The zero-order valence-electron chi connectivity index (χ0n) is 13.4. The SMILES string of the molecule is CCCCC=CCCOc1cnc(-c2ccc(C#N)cc2)nc1. The van der Waals surface area contributed by atoms with Crippen molar-refractivity contribution in [3.8, 4) is 23.2 Å². The van der Waals surface area contributed by atoms with E-state index >= 15 is 0 Å². The van der Waals surface area contributed by atoms with E-state index in [4.69, 9.17) is 10.00 Å². The van der Waals surface area contributed by atoms with E-state index in [2.05, 4.69) is 35.1 Å². The van der Waals surface area contributed by atoms with Gasteiger partial charge < -0.3 is 4.74 Å². The maximum Gasteiger partial charge on any atom is 0.159 e. The topological polar surface area (TPSA) is 58.8 Å². The summed E-state index contributed by atoms with van der Waals surface area (Å²) >= 11 is 0. The van der Waals surface area contributed by atoms with Crippen LogP contribution in [0.5, 0.6) is 5.75 Å². The van der Waals surface area contributed by atoms with Crippen LogP contribution in [0, 0.1) is 11.3 Å². The summed E-state index contributed by atoms with van der Waals surface area (Å²) < 4.78 is 5.62. The molecule has 2 aromatic rings. The maximum absolute atomic E-state index is 8.80. The molecular formula is C19H21N3O. The average molecular weight is 307 g/mol. The molecule has 0 spiro atoms. The fourth-order valence-corrected chi connectivity index (χ4v) is 2.04. The number of benzene rings is 1. The van der Waals surface area contributed by atoms with E-state index in [9.17, 15) is 0 Å². The third kappa shape index (κ3) is 5.55. The van der Waals surface area contributed by atoms with Crippen LogP contribution in [-0.4, -0.2) is 16.6 Å². The first-order valence-electron chi connectivity index (χ1n) is 7.94. The molecule has 4 nitrogen and oxygen atoms in total. The molecule has 0 saturated heterocycles. The Hall–Kier alpha value is -2.67. The summed E-state index contributed by atoms with van der Waals surface area (Å²) in [5, 5.41) is 8.80. The minimum absolute atomic E-state index is 0.626. The fraction of sp³-hybridized carbons (Fsp3) is 0.316. The van der Waals surface area contributed by atoms with E-state index < -0.39 is 0 Å². The Balaban J connectivity index is 1.82. The second-order valence-corrected chi connectivity index (χ2v) is 5.18. The third-order valence-electron chi connectivity index (χ3n) is 3.34. The van der Waals surface area contributed by atoms with Gasteiger partial charge in [0.15, 0.2) is 11.6 Å². The van der Waals surface area contributed by atoms with Crippen molar-refractivity contribution >= 4 is 0 Å². The summed E-state index contributed by atoms with van der Waals surface area (Å²) in [6.07, 6.45) is 12.2. The lowest BCUT2D eigenvalue weighted by Gasteiger charge is -2.05. The van der Waals surface area contributed by atoms with Crippen LogP contribution in [0.25, 0.3) is 11.4 Å². The highest BCUT2D eigenvalue weighted by Crippen LogP contribution is 2.17. The molecule has 0 amide bonds. The standard InChI is InChI=1S/C19H21N3O/c1-2-3-4-5-6-7-12-23-18-14-21-19(22-15-18)17-10-8-16(13-20)9-11-17/h5-6,8-11,14-15H,2-4,7,12H2,1H3. The van der Waals surface area contributed by atoms with Gasteiger partial charge in [0.05, 0.1) is 30.6 Å². The largest absolute Gasteiger partial charge is 0.490 e. The van der Waals surface area contributed by atoms with E-state index in [1.165, 1.54) is 12.8 Å². The van der Waals surface area contributed by atoms with Crippen LogP contribution in [0.1, 0.15) is 38.2 Å². The molecule has 0 bridgehead atoms. The molecule has 1 heterocycles. The van der Waals surface area contributed by atoms with Gasteiger partial charge >= 0.3 is 0 Å². The first kappa shape index (κ1) is 16.7. The smallest absolute Gasteiger partial charge is 0.159 e. The summed E-state index contributed by atoms with van der Waals surface area (Å²) in [7, 11) is 0. The van der Waals surface area contributed by atoms with E-state index in [0.717, 1.165) is 18.4 Å². The Morgan fingerprint density at radius 2 is 1.78 bits per heavy atom. The Morgan fingerprint density at radius 3 is 2.43 bits per heavy atom. The van der Waals surface area contributed by atoms with Crippen LogP contribution in [0.4, 0.5) is 0 Å². The van der Waals surface area contributed by atoms with Crippen molar-refractivity contribution in [3.63, 3.8) is 0 Å². The van der Waals surface area contributed by atoms with Crippen molar-refractivity contribution in [1.82, 2.24) is 9.97 Å². The summed E-state index contributed by atoms with van der Waals surface area (Å²) in [4.78, 5) is 8.61. The quantitative estimate of drug-likeness (QED) is 0.531. The van der Waals surface area contributed by atoms with Gasteiger partial charge in [-0.15, -0.1) is 0 Å². The Labute approximate surface area is 137 Å². The van der Waals surface area contributed by atoms with Gasteiger partial charge in [0.1, 0.15) is 0 Å². The molecule has 0 aliphatic rings. The molecule has 0 aliphatic carbocycles. The number of rotatable bonds is 8. The van der Waals surface area contributed by atoms with Crippen molar-refractivity contribution < 1.29 is 4.74 Å². The van der Waals surface area contributed by atoms with Gasteiger partial charge in [-0.1, -0.05) is 31.9 Å². The lowest BCUT2D eigenvalue weighted by atomic mass is 10.1. The fourth-order valence-electron chi connectivity index (χ4n) is 2.04. The van der Waals surface area contributed by atoms with Crippen LogP contribution in [0.15, 0.2) is 48.8 Å². The number of hydrogen-bond acceptors (Lipinski definition) is 4. The minimum atomic E-state index is 0.626. The van der Waals surface area contributed by atoms with Gasteiger partial charge in [-0.2, -0.15) is 5.26 Å². The molecule has 1 aromatic heterocycles. The monoisotopic (exact) mass is 307 g/mol. The molecule has 0 N–H and O–H groups in total. The molecule has 0 radical (unpaired) electrons. The van der Waals surface area contributed by atoms with Crippen molar-refractivity contribution in [2.24, 2.45) is 0 Å². The van der Waals surface area contributed by atoms with Crippen LogP contribution in [0.3, 0.4) is 0 Å². The molecule has 23 heavy (non-hydrogen) atoms. The highest BCUT2D eigenvalue weighted by Gasteiger charge is 2.02. The molecule has 0 aliphatic heterocycles. The number of nitriles is 1. The molecule has 1 aromatic carbocycles. The van der Waals surface area contributed by atoms with E-state index in [1.54, 1.807) is 24.5 Å². The summed E-state index contributed by atoms with van der Waals surface area (Å²) in [5.74, 6) is 1.30. The molecule has 2 rings (SSSR count). The highest BCUT2D eigenvalue weighted by molar-refractivity contribution is 5.56. The van der Waals surface area contributed by atoms with E-state index in [-0.39, 0.29) is 0 Å². The molecule has 0 fully saturated rings. The van der Waals surface area contributed by atoms with Crippen molar-refractivity contribution in [3.05, 3.63) is 54.4 Å². The van der Waals surface area contributed by atoms with Crippen LogP contribution >= 0.6 is 0 Å². The number of unbranched alkanes of at least 4 members (excludes halogenated alkanes) is 2. The number of allylic oxidation sites excluding steroid dienone is 1. The maximum atomic E-state index is 8.80. The predicted octanol–water partition coefficient (Wildman–Crippen LogP) is 4.53. The second-order valence-electron chi connectivity index (χ2n) is 5.18. The third-order valence-corrected chi connectivity index (χ3v) is 3.34. The van der Waals surface area contributed by atoms with Gasteiger partial charge in [-0.3, -0.25) is 0 Å². The predicted molar refractivity (Wildman–Crippen MR) is 91.0 cm³/mol. The van der Waals surface area contributed by atoms with E-state index in [0.29, 0.717) is 23.7 Å². The Bertz CT molecular complexity index is 655. The van der Waals surface area contributed by atoms with Crippen LogP contribution < -0.4 is 4.74 Å². The lowest BCUT2D eigenvalue weighted by Crippen LogP contribution is -1.98. The Morgan fingerprint density at radius 1 is 1.09 bits per heavy atom. The normalized spacial score (nSPS) is 10.6. The molecule has 4 heteroatoms. The van der Waals surface area contributed by atoms with Crippen LogP contribution in [0.2, 0.25) is 0 Å². The van der Waals surface area contributed by atoms with E-state index in [1.807, 2.05) is 12.1 Å².